The van der Waals surface area contributed by atoms with Crippen molar-refractivity contribution in [2.24, 2.45) is 17.8 Å². The average molecular weight is 270 g/mol. The van der Waals surface area contributed by atoms with Gasteiger partial charge in [0, 0.05) is 19.1 Å². The zero-order valence-electron chi connectivity index (χ0n) is 13.5. The number of aliphatic hydroxyl groups is 1. The van der Waals surface area contributed by atoms with E-state index in [1.807, 2.05) is 6.92 Å². The zero-order chi connectivity index (χ0) is 14.4. The highest BCUT2D eigenvalue weighted by Gasteiger charge is 2.31. The van der Waals surface area contributed by atoms with Crippen LogP contribution in [-0.4, -0.2) is 48.8 Å². The summed E-state index contributed by atoms with van der Waals surface area (Å²) in [6.45, 7) is 11.7. The molecule has 2 N–H and O–H groups in total. The summed E-state index contributed by atoms with van der Waals surface area (Å²) in [6.07, 6.45) is 3.78. The Bertz CT molecular complexity index is 243. The molecule has 0 bridgehead atoms. The second kappa shape index (κ2) is 8.23. The molecule has 0 amide bonds. The van der Waals surface area contributed by atoms with E-state index in [-0.39, 0.29) is 6.10 Å². The number of rotatable bonds is 7. The first-order valence-electron chi connectivity index (χ1n) is 8.04. The maximum absolute atomic E-state index is 9.50. The molecule has 1 aliphatic carbocycles. The summed E-state index contributed by atoms with van der Waals surface area (Å²) in [4.78, 5) is 2.29. The second-order valence-electron chi connectivity index (χ2n) is 6.81. The van der Waals surface area contributed by atoms with Gasteiger partial charge in [-0.2, -0.15) is 0 Å². The molecule has 0 aromatic carbocycles. The number of nitrogens with zero attached hydrogens (tertiary/aromatic N) is 1. The van der Waals surface area contributed by atoms with E-state index in [9.17, 15) is 5.11 Å². The monoisotopic (exact) mass is 270 g/mol. The summed E-state index contributed by atoms with van der Waals surface area (Å²) in [6, 6.07) is 0.663. The van der Waals surface area contributed by atoms with Gasteiger partial charge in [0.15, 0.2) is 0 Å². The fourth-order valence-electron chi connectivity index (χ4n) is 3.56. The second-order valence-corrected chi connectivity index (χ2v) is 6.81. The normalized spacial score (nSPS) is 30.0. The Morgan fingerprint density at radius 1 is 1.26 bits per heavy atom. The van der Waals surface area contributed by atoms with Crippen molar-refractivity contribution in [3.05, 3.63) is 0 Å². The lowest BCUT2D eigenvalue weighted by Crippen LogP contribution is -2.46. The Kier molecular flexibility index (Phi) is 7.33. The number of hydrogen-bond acceptors (Lipinski definition) is 3. The van der Waals surface area contributed by atoms with Crippen LogP contribution in [-0.2, 0) is 0 Å². The maximum Gasteiger partial charge on any atom is 0.0638 e. The molecule has 1 rings (SSSR count). The van der Waals surface area contributed by atoms with Gasteiger partial charge in [-0.25, -0.2) is 0 Å². The van der Waals surface area contributed by atoms with Crippen LogP contribution in [0.2, 0.25) is 0 Å². The molecule has 0 spiro atoms. The number of hydrogen-bond donors (Lipinski definition) is 2. The van der Waals surface area contributed by atoms with E-state index in [1.165, 1.54) is 19.3 Å². The number of nitrogens with one attached hydrogen (secondary N) is 1. The summed E-state index contributed by atoms with van der Waals surface area (Å²) in [5.74, 6) is 2.40. The van der Waals surface area contributed by atoms with E-state index in [1.54, 1.807) is 0 Å². The lowest BCUT2D eigenvalue weighted by molar-refractivity contribution is 0.0985. The molecule has 1 saturated carbocycles. The van der Waals surface area contributed by atoms with Gasteiger partial charge in [0.2, 0.25) is 0 Å². The summed E-state index contributed by atoms with van der Waals surface area (Å²) >= 11 is 0. The highest BCUT2D eigenvalue weighted by Crippen LogP contribution is 2.34. The molecular formula is C16H34N2O. The summed E-state index contributed by atoms with van der Waals surface area (Å²) in [7, 11) is 2.13. The summed E-state index contributed by atoms with van der Waals surface area (Å²) in [5, 5.41) is 13.2. The highest BCUT2D eigenvalue weighted by molar-refractivity contribution is 4.87. The first kappa shape index (κ1) is 16.9. The van der Waals surface area contributed by atoms with E-state index in [4.69, 9.17) is 0 Å². The molecule has 114 valence electrons. The van der Waals surface area contributed by atoms with Gasteiger partial charge in [0.25, 0.3) is 0 Å². The predicted octanol–water partition coefficient (Wildman–Crippen LogP) is 2.35. The Morgan fingerprint density at radius 3 is 2.47 bits per heavy atom. The molecule has 1 aliphatic rings. The van der Waals surface area contributed by atoms with Gasteiger partial charge in [0.1, 0.15) is 0 Å². The Morgan fingerprint density at radius 2 is 1.95 bits per heavy atom. The molecular weight excluding hydrogens is 236 g/mol. The third-order valence-corrected chi connectivity index (χ3v) is 4.55. The largest absolute Gasteiger partial charge is 0.392 e. The van der Waals surface area contributed by atoms with Gasteiger partial charge < -0.3 is 15.3 Å². The van der Waals surface area contributed by atoms with Crippen LogP contribution in [0.5, 0.6) is 0 Å². The van der Waals surface area contributed by atoms with E-state index in [2.05, 4.69) is 38.0 Å². The minimum atomic E-state index is -0.230. The smallest absolute Gasteiger partial charge is 0.0638 e. The molecule has 19 heavy (non-hydrogen) atoms. The van der Waals surface area contributed by atoms with Gasteiger partial charge in [-0.15, -0.1) is 0 Å². The molecule has 0 aromatic heterocycles. The average Bonchev–Trinajstić information content (AvgIpc) is 2.30. The van der Waals surface area contributed by atoms with Crippen molar-refractivity contribution in [2.75, 3.05) is 26.7 Å². The van der Waals surface area contributed by atoms with Gasteiger partial charge in [-0.1, -0.05) is 20.8 Å². The summed E-state index contributed by atoms with van der Waals surface area (Å²) in [5.41, 5.74) is 0. The molecule has 3 heteroatoms. The van der Waals surface area contributed by atoms with Crippen LogP contribution >= 0.6 is 0 Å². The SMILES string of the molecule is CCNC1CCC(C(C)C)CC1CN(C)CC(C)O. The van der Waals surface area contributed by atoms with Gasteiger partial charge >= 0.3 is 0 Å². The van der Waals surface area contributed by atoms with Crippen molar-refractivity contribution < 1.29 is 5.11 Å². The van der Waals surface area contributed by atoms with Gasteiger partial charge in [0.05, 0.1) is 6.10 Å². The standard InChI is InChI=1S/C16H34N2O/c1-6-17-16-8-7-14(12(2)3)9-15(16)11-18(5)10-13(4)19/h12-17,19H,6-11H2,1-5H3. The van der Waals surface area contributed by atoms with E-state index in [0.717, 1.165) is 37.4 Å². The topological polar surface area (TPSA) is 35.5 Å². The Labute approximate surface area is 119 Å². The van der Waals surface area contributed by atoms with Crippen LogP contribution in [0.3, 0.4) is 0 Å². The van der Waals surface area contributed by atoms with Crippen molar-refractivity contribution in [1.29, 1.82) is 0 Å². The predicted molar refractivity (Wildman–Crippen MR) is 82.3 cm³/mol. The van der Waals surface area contributed by atoms with Crippen molar-refractivity contribution in [3.63, 3.8) is 0 Å². The van der Waals surface area contributed by atoms with E-state index >= 15 is 0 Å². The lowest BCUT2D eigenvalue weighted by Gasteiger charge is -2.40. The quantitative estimate of drug-likeness (QED) is 0.745. The molecule has 3 nitrogen and oxygen atoms in total. The third-order valence-electron chi connectivity index (χ3n) is 4.55. The number of aliphatic hydroxyl groups excluding tert-OH is 1. The number of likely N-dealkylation sites (N-methyl/N-ethyl adjacent to an activating group) is 1. The van der Waals surface area contributed by atoms with Crippen LogP contribution in [0.1, 0.15) is 47.0 Å². The molecule has 0 saturated heterocycles. The zero-order valence-corrected chi connectivity index (χ0v) is 13.5. The first-order valence-corrected chi connectivity index (χ1v) is 8.04. The molecule has 0 aliphatic heterocycles. The fraction of sp³-hybridized carbons (Fsp3) is 1.00. The Hall–Kier alpha value is -0.120. The van der Waals surface area contributed by atoms with Crippen LogP contribution in [0.25, 0.3) is 0 Å². The van der Waals surface area contributed by atoms with Crippen LogP contribution in [0.15, 0.2) is 0 Å². The maximum atomic E-state index is 9.50. The fourth-order valence-corrected chi connectivity index (χ4v) is 3.56. The first-order chi connectivity index (χ1) is 8.93. The molecule has 0 aromatic rings. The minimum absolute atomic E-state index is 0.230. The molecule has 0 heterocycles. The van der Waals surface area contributed by atoms with E-state index in [0.29, 0.717) is 6.04 Å². The van der Waals surface area contributed by atoms with Crippen molar-refractivity contribution >= 4 is 0 Å². The van der Waals surface area contributed by atoms with Crippen LogP contribution in [0.4, 0.5) is 0 Å². The third kappa shape index (κ3) is 5.80. The molecule has 4 atom stereocenters. The van der Waals surface area contributed by atoms with Crippen molar-refractivity contribution in [2.45, 2.75) is 59.1 Å². The molecule has 0 radical (unpaired) electrons. The molecule has 1 fully saturated rings. The van der Waals surface area contributed by atoms with Crippen molar-refractivity contribution in [1.82, 2.24) is 10.2 Å². The van der Waals surface area contributed by atoms with Crippen LogP contribution in [0, 0.1) is 17.8 Å². The van der Waals surface area contributed by atoms with E-state index < -0.39 is 0 Å². The highest BCUT2D eigenvalue weighted by atomic mass is 16.3. The molecule has 4 unspecified atom stereocenters. The van der Waals surface area contributed by atoms with Crippen molar-refractivity contribution in [3.8, 4) is 0 Å². The minimum Gasteiger partial charge on any atom is -0.392 e. The lowest BCUT2D eigenvalue weighted by atomic mass is 9.73. The summed E-state index contributed by atoms with van der Waals surface area (Å²) < 4.78 is 0. The Balaban J connectivity index is 2.55. The van der Waals surface area contributed by atoms with Crippen LogP contribution < -0.4 is 5.32 Å². The van der Waals surface area contributed by atoms with Gasteiger partial charge in [-0.05, 0) is 57.5 Å². The van der Waals surface area contributed by atoms with Gasteiger partial charge in [-0.3, -0.25) is 0 Å².